The Bertz CT molecular complexity index is 640. The van der Waals surface area contributed by atoms with Crippen LogP contribution in [-0.4, -0.2) is 34.9 Å². The van der Waals surface area contributed by atoms with Crippen molar-refractivity contribution in [3.63, 3.8) is 0 Å². The third kappa shape index (κ3) is 5.82. The van der Waals surface area contributed by atoms with E-state index in [0.29, 0.717) is 17.2 Å². The van der Waals surface area contributed by atoms with Crippen LogP contribution in [0, 0.1) is 48.5 Å². The van der Waals surface area contributed by atoms with Crippen LogP contribution in [0.2, 0.25) is 0 Å². The first-order chi connectivity index (χ1) is 12.2. The Kier molecular flexibility index (Phi) is 8.60. The number of hydrogen-bond donors (Lipinski definition) is 2. The molecule has 0 bridgehead atoms. The molecule has 2 heterocycles. The molecule has 3 atom stereocenters. The van der Waals surface area contributed by atoms with Crippen LogP contribution in [0.4, 0.5) is 4.79 Å². The quantitative estimate of drug-likeness (QED) is 0.234. The van der Waals surface area contributed by atoms with Gasteiger partial charge in [0.25, 0.3) is 0 Å². The van der Waals surface area contributed by atoms with Crippen molar-refractivity contribution in [3.8, 4) is 0 Å². The molecule has 2 aliphatic heterocycles. The summed E-state index contributed by atoms with van der Waals surface area (Å²) in [6.07, 6.45) is 3.42. The van der Waals surface area contributed by atoms with Crippen molar-refractivity contribution in [2.75, 3.05) is 5.75 Å². The smallest absolute Gasteiger partial charge is 0.315 e. The van der Waals surface area contributed by atoms with Crippen LogP contribution in [-0.2, 0) is 19.5 Å². The number of thioether (sulfide) groups is 1. The molecule has 2 aliphatic rings. The summed E-state index contributed by atoms with van der Waals surface area (Å²) in [5, 5.41) is 6.38. The third-order valence-corrected chi connectivity index (χ3v) is 5.66. The fraction of sp³-hybridized carbons (Fsp3) is 0.400. The van der Waals surface area contributed by atoms with Crippen LogP contribution in [0.5, 0.6) is 0 Å². The van der Waals surface area contributed by atoms with E-state index in [2.05, 4.69) is 59.2 Å². The largest absolute Gasteiger partial charge is 0.999 e. The molecule has 4 nitrogen and oxygen atoms in total. The minimum Gasteiger partial charge on any atom is -0.999 e. The van der Waals surface area contributed by atoms with Crippen molar-refractivity contribution in [2.45, 2.75) is 43.0 Å². The number of amides is 2. The van der Waals surface area contributed by atoms with Gasteiger partial charge in [-0.15, -0.1) is 6.42 Å². The Balaban J connectivity index is 0.000000351. The number of nitrogens with one attached hydrogen (secondary N) is 2. The monoisotopic (exact) mass is 450 g/mol. The van der Waals surface area contributed by atoms with Gasteiger partial charge < -0.3 is 75.6 Å². The summed E-state index contributed by atoms with van der Waals surface area (Å²) in [6, 6.07) is 23.1. The summed E-state index contributed by atoms with van der Waals surface area (Å²) in [4.78, 5) is 23.0. The first kappa shape index (κ1) is 20.9. The molecule has 0 spiro atoms. The van der Waals surface area contributed by atoms with Crippen molar-refractivity contribution >= 4 is 23.6 Å². The maximum Gasteiger partial charge on any atom is 0.315 e. The Labute approximate surface area is 172 Å². The number of rotatable bonds is 6. The first-order valence-electron chi connectivity index (χ1n) is 8.17. The van der Waals surface area contributed by atoms with Crippen molar-refractivity contribution < 1.29 is 29.1 Å². The van der Waals surface area contributed by atoms with Gasteiger partial charge in [-0.1, -0.05) is 12.8 Å². The molecule has 4 rings (SSSR count). The average molecular weight is 449 g/mol. The van der Waals surface area contributed by atoms with Crippen molar-refractivity contribution in [1.29, 1.82) is 0 Å². The summed E-state index contributed by atoms with van der Waals surface area (Å²) in [7, 11) is 0. The zero-order chi connectivity index (χ0) is 17.5. The van der Waals surface area contributed by atoms with Gasteiger partial charge in [0, 0.05) is 30.5 Å². The SMILES string of the molecule is O=C1N[C@H]2[C@H](CS[C@H]2CCCCC(=O)[c-]2[c-][c-][c-][c-]2)N1.[Ru].[c-]1[c-][c-][cH-][c-]1. The van der Waals surface area contributed by atoms with Gasteiger partial charge in [0.1, 0.15) is 0 Å². The molecule has 2 fully saturated rings. The minimum absolute atomic E-state index is 0. The normalized spacial score (nSPS) is 23.1. The molecule has 2 N–H and O–H groups in total. The summed E-state index contributed by atoms with van der Waals surface area (Å²) in [6.45, 7) is 0. The second kappa shape index (κ2) is 10.7. The van der Waals surface area contributed by atoms with Gasteiger partial charge in [0.2, 0.25) is 0 Å². The van der Waals surface area contributed by atoms with E-state index in [1.807, 2.05) is 11.8 Å². The molecule has 26 heavy (non-hydrogen) atoms. The van der Waals surface area contributed by atoms with Gasteiger partial charge in [-0.2, -0.15) is 11.8 Å². The number of hydrogen-bond acceptors (Lipinski definition) is 3. The molecule has 142 valence electrons. The number of urea groups is 1. The van der Waals surface area contributed by atoms with E-state index >= 15 is 0 Å². The molecule has 2 amide bonds. The van der Waals surface area contributed by atoms with Gasteiger partial charge in [-0.3, -0.25) is 5.78 Å². The molecule has 2 aromatic carbocycles. The van der Waals surface area contributed by atoms with Crippen LogP contribution in [0.15, 0.2) is 6.07 Å². The standard InChI is InChI=1S/C15H15N2O2S.C5H.Ru/c18-12(10-5-1-2-6-10)7-3-4-8-13-14-11(9-20-13)16-15(19)17-14;1-2-4-5-3-1;/h11,13-14H,3-4,7-9H2,(H2,16,17,19);1H;/q2*-5;/t11-,13-,14-;;/m0../s1. The van der Waals surface area contributed by atoms with Crippen LogP contribution in [0.1, 0.15) is 36.0 Å². The fourth-order valence-corrected chi connectivity index (χ4v) is 4.48. The summed E-state index contributed by atoms with van der Waals surface area (Å²) in [5.41, 5.74) is 0.465. The van der Waals surface area contributed by atoms with Gasteiger partial charge >= 0.3 is 6.03 Å². The zero-order valence-corrected chi connectivity index (χ0v) is 16.5. The molecule has 0 aliphatic carbocycles. The van der Waals surface area contributed by atoms with Gasteiger partial charge in [-0.05, 0) is 6.42 Å². The molecule has 2 aromatic rings. The van der Waals surface area contributed by atoms with Crippen LogP contribution >= 0.6 is 11.8 Å². The Hall–Kier alpha value is -1.39. The van der Waals surface area contributed by atoms with Gasteiger partial charge in [0.05, 0.1) is 12.1 Å². The molecule has 0 saturated carbocycles. The molecule has 0 aromatic heterocycles. The van der Waals surface area contributed by atoms with E-state index in [0.717, 1.165) is 25.0 Å². The van der Waals surface area contributed by atoms with E-state index in [1.54, 1.807) is 6.07 Å². The van der Waals surface area contributed by atoms with Crippen molar-refractivity contribution in [3.05, 3.63) is 60.2 Å². The fourth-order valence-electron chi connectivity index (χ4n) is 2.94. The summed E-state index contributed by atoms with van der Waals surface area (Å²) < 4.78 is 0. The topological polar surface area (TPSA) is 58.2 Å². The Morgan fingerprint density at radius 1 is 1.15 bits per heavy atom. The molecular weight excluding hydrogens is 433 g/mol. The zero-order valence-electron chi connectivity index (χ0n) is 13.9. The predicted octanol–water partition coefficient (Wildman–Crippen LogP) is 2.12. The van der Waals surface area contributed by atoms with E-state index in [1.165, 1.54) is 0 Å². The third-order valence-electron chi connectivity index (χ3n) is 4.15. The minimum atomic E-state index is -0.0461. The molecule has 0 radical (unpaired) electrons. The number of Topliss-reactive ketones (excluding diaryl/α,β-unsaturated/α-hetero) is 1. The van der Waals surface area contributed by atoms with Gasteiger partial charge in [-0.25, -0.2) is 4.79 Å². The number of carbonyl (C=O) groups is 2. The Morgan fingerprint density at radius 3 is 2.54 bits per heavy atom. The van der Waals surface area contributed by atoms with Crippen LogP contribution in [0.3, 0.4) is 0 Å². The summed E-state index contributed by atoms with van der Waals surface area (Å²) in [5.74, 6) is 1.05. The number of unbranched alkanes of at least 4 members (excludes halogenated alkanes) is 1. The number of fused-ring (bicyclic) bond motifs is 1. The first-order valence-corrected chi connectivity index (χ1v) is 9.22. The summed E-state index contributed by atoms with van der Waals surface area (Å²) >= 11 is 1.91. The second-order valence-electron chi connectivity index (χ2n) is 5.85. The van der Waals surface area contributed by atoms with E-state index in [4.69, 9.17) is 0 Å². The molecule has 6 heteroatoms. The maximum absolute atomic E-state index is 11.8. The van der Waals surface area contributed by atoms with Crippen LogP contribution in [0.25, 0.3) is 0 Å². The van der Waals surface area contributed by atoms with E-state index < -0.39 is 0 Å². The average Bonchev–Trinajstić information content (AvgIpc) is 3.37. The van der Waals surface area contributed by atoms with Crippen LogP contribution < -0.4 is 10.6 Å². The molecule has 2 saturated heterocycles. The van der Waals surface area contributed by atoms with Crippen molar-refractivity contribution in [1.82, 2.24) is 10.6 Å². The van der Waals surface area contributed by atoms with Gasteiger partial charge in [0.15, 0.2) is 0 Å². The van der Waals surface area contributed by atoms with E-state index in [9.17, 15) is 9.59 Å². The van der Waals surface area contributed by atoms with Crippen molar-refractivity contribution in [2.24, 2.45) is 0 Å². The second-order valence-corrected chi connectivity index (χ2v) is 7.12. The number of ketones is 1. The molecule has 0 unspecified atom stereocenters. The predicted molar refractivity (Wildman–Crippen MR) is 93.0 cm³/mol. The number of carbonyl (C=O) groups excluding carboxylic acids is 2. The Morgan fingerprint density at radius 2 is 1.88 bits per heavy atom. The van der Waals surface area contributed by atoms with E-state index in [-0.39, 0.29) is 43.4 Å². The molecular formula is C20H16N2O2RuS-10. The maximum atomic E-state index is 11.8.